The molecule has 1 heterocycles. The van der Waals surface area contributed by atoms with Gasteiger partial charge in [0.15, 0.2) is 0 Å². The molecule has 3 heteroatoms. The Bertz CT molecular complexity index is 359. The quantitative estimate of drug-likeness (QED) is 0.828. The maximum absolute atomic E-state index is 9.27. The molecule has 1 aromatic heterocycles. The van der Waals surface area contributed by atoms with E-state index in [2.05, 4.69) is 4.98 Å². The van der Waals surface area contributed by atoms with Gasteiger partial charge in [0.2, 0.25) is 5.88 Å². The minimum absolute atomic E-state index is 0.115. The van der Waals surface area contributed by atoms with Crippen LogP contribution in [-0.2, 0) is 6.42 Å². The summed E-state index contributed by atoms with van der Waals surface area (Å²) in [7, 11) is 0. The number of aliphatic hydroxyl groups excluding tert-OH is 1. The van der Waals surface area contributed by atoms with E-state index < -0.39 is 0 Å². The maximum atomic E-state index is 9.27. The fourth-order valence-electron chi connectivity index (χ4n) is 1.81. The minimum atomic E-state index is 0.115. The summed E-state index contributed by atoms with van der Waals surface area (Å²) in [6.45, 7) is 4.25. The van der Waals surface area contributed by atoms with Crippen LogP contribution in [-0.4, -0.2) is 22.8 Å². The van der Waals surface area contributed by atoms with E-state index in [4.69, 9.17) is 4.74 Å². The second kappa shape index (κ2) is 4.42. The van der Waals surface area contributed by atoms with Crippen LogP contribution in [0.3, 0.4) is 0 Å². The average Bonchev–Trinajstić information content (AvgIpc) is 2.98. The van der Waals surface area contributed by atoms with Crippen LogP contribution in [0.1, 0.15) is 32.4 Å². The molecule has 0 unspecified atom stereocenters. The smallest absolute Gasteiger partial charge is 0.213 e. The first-order valence-corrected chi connectivity index (χ1v) is 5.87. The summed E-state index contributed by atoms with van der Waals surface area (Å²) < 4.78 is 5.55. The molecule has 3 nitrogen and oxygen atoms in total. The van der Waals surface area contributed by atoms with Gasteiger partial charge in [-0.1, -0.05) is 6.07 Å². The second-order valence-corrected chi connectivity index (χ2v) is 4.97. The van der Waals surface area contributed by atoms with Gasteiger partial charge < -0.3 is 9.84 Å². The zero-order chi connectivity index (χ0) is 11.6. The molecule has 0 saturated heterocycles. The Morgan fingerprint density at radius 3 is 2.75 bits per heavy atom. The molecule has 1 aromatic rings. The molecule has 1 fully saturated rings. The van der Waals surface area contributed by atoms with Crippen molar-refractivity contribution < 1.29 is 9.84 Å². The highest BCUT2D eigenvalue weighted by molar-refractivity contribution is 5.18. The van der Waals surface area contributed by atoms with Crippen molar-refractivity contribution in [3.8, 4) is 5.88 Å². The Morgan fingerprint density at radius 2 is 2.19 bits per heavy atom. The van der Waals surface area contributed by atoms with Crippen LogP contribution in [0, 0.1) is 5.41 Å². The highest BCUT2D eigenvalue weighted by Gasteiger charge is 2.42. The van der Waals surface area contributed by atoms with Crippen LogP contribution in [0.15, 0.2) is 18.2 Å². The Hall–Kier alpha value is -1.09. The van der Waals surface area contributed by atoms with Crippen molar-refractivity contribution in [2.75, 3.05) is 6.61 Å². The highest BCUT2D eigenvalue weighted by atomic mass is 16.5. The predicted octanol–water partition coefficient (Wildman–Crippen LogP) is 2.18. The third kappa shape index (κ3) is 2.73. The third-order valence-corrected chi connectivity index (χ3v) is 2.99. The molecule has 88 valence electrons. The molecule has 0 spiro atoms. The van der Waals surface area contributed by atoms with E-state index in [-0.39, 0.29) is 18.1 Å². The van der Waals surface area contributed by atoms with Gasteiger partial charge in [-0.05, 0) is 44.6 Å². The fourth-order valence-corrected chi connectivity index (χ4v) is 1.81. The highest BCUT2D eigenvalue weighted by Crippen LogP contribution is 2.47. The summed E-state index contributed by atoms with van der Waals surface area (Å²) in [5.74, 6) is 0.682. The van der Waals surface area contributed by atoms with Gasteiger partial charge in [-0.3, -0.25) is 0 Å². The van der Waals surface area contributed by atoms with E-state index in [9.17, 15) is 5.11 Å². The lowest BCUT2D eigenvalue weighted by Gasteiger charge is -2.13. The van der Waals surface area contributed by atoms with E-state index in [1.165, 1.54) is 0 Å². The number of ether oxygens (including phenoxy) is 1. The maximum Gasteiger partial charge on any atom is 0.213 e. The van der Waals surface area contributed by atoms with Crippen molar-refractivity contribution in [2.45, 2.75) is 39.2 Å². The number of aromatic nitrogens is 1. The molecular formula is C13H19NO2. The Labute approximate surface area is 96.5 Å². The Kier molecular flexibility index (Phi) is 3.15. The molecular weight excluding hydrogens is 202 g/mol. The van der Waals surface area contributed by atoms with Crippen LogP contribution in [0.5, 0.6) is 5.88 Å². The molecule has 1 aliphatic carbocycles. The third-order valence-electron chi connectivity index (χ3n) is 2.99. The molecule has 0 radical (unpaired) electrons. The van der Waals surface area contributed by atoms with Gasteiger partial charge in [0.25, 0.3) is 0 Å². The molecule has 0 amide bonds. The summed E-state index contributed by atoms with van der Waals surface area (Å²) in [6.07, 6.45) is 3.23. The fraction of sp³-hybridized carbons (Fsp3) is 0.615. The van der Waals surface area contributed by atoms with E-state index in [1.807, 2.05) is 32.0 Å². The van der Waals surface area contributed by atoms with E-state index in [0.29, 0.717) is 5.88 Å². The Morgan fingerprint density at radius 1 is 1.44 bits per heavy atom. The van der Waals surface area contributed by atoms with Gasteiger partial charge in [-0.25, -0.2) is 4.98 Å². The number of rotatable bonds is 5. The lowest BCUT2D eigenvalue weighted by molar-refractivity contribution is 0.208. The first kappa shape index (κ1) is 11.4. The molecule has 0 bridgehead atoms. The van der Waals surface area contributed by atoms with Crippen molar-refractivity contribution in [3.63, 3.8) is 0 Å². The largest absolute Gasteiger partial charge is 0.475 e. The van der Waals surface area contributed by atoms with Gasteiger partial charge in [0, 0.05) is 18.4 Å². The van der Waals surface area contributed by atoms with Crippen molar-refractivity contribution >= 4 is 0 Å². The van der Waals surface area contributed by atoms with Gasteiger partial charge >= 0.3 is 0 Å². The molecule has 1 N–H and O–H groups in total. The molecule has 0 aliphatic heterocycles. The number of nitrogens with zero attached hydrogens (tertiary/aromatic N) is 1. The Balaban J connectivity index is 2.04. The lowest BCUT2D eigenvalue weighted by Crippen LogP contribution is -2.12. The van der Waals surface area contributed by atoms with Crippen molar-refractivity contribution in [3.05, 3.63) is 23.9 Å². The van der Waals surface area contributed by atoms with Gasteiger partial charge in [0.1, 0.15) is 0 Å². The standard InChI is InChI=1S/C13H19NO2/c1-10(2)16-12-5-3-4-11(14-12)8-13(9-15)6-7-13/h3-5,10,15H,6-9H2,1-2H3. The summed E-state index contributed by atoms with van der Waals surface area (Å²) in [4.78, 5) is 4.45. The monoisotopic (exact) mass is 221 g/mol. The molecule has 0 aromatic carbocycles. The molecule has 2 rings (SSSR count). The first-order chi connectivity index (χ1) is 7.63. The van der Waals surface area contributed by atoms with Crippen LogP contribution in [0.2, 0.25) is 0 Å². The first-order valence-electron chi connectivity index (χ1n) is 5.87. The van der Waals surface area contributed by atoms with Crippen molar-refractivity contribution in [2.24, 2.45) is 5.41 Å². The van der Waals surface area contributed by atoms with E-state index in [0.717, 1.165) is 25.0 Å². The van der Waals surface area contributed by atoms with Crippen molar-refractivity contribution in [1.82, 2.24) is 4.98 Å². The van der Waals surface area contributed by atoms with E-state index in [1.54, 1.807) is 0 Å². The van der Waals surface area contributed by atoms with Crippen LogP contribution in [0.4, 0.5) is 0 Å². The molecule has 16 heavy (non-hydrogen) atoms. The van der Waals surface area contributed by atoms with Crippen LogP contribution < -0.4 is 4.74 Å². The molecule has 0 atom stereocenters. The molecule has 1 aliphatic rings. The topological polar surface area (TPSA) is 42.4 Å². The zero-order valence-electron chi connectivity index (χ0n) is 9.94. The summed E-state index contributed by atoms with van der Waals surface area (Å²) in [5, 5.41) is 9.27. The summed E-state index contributed by atoms with van der Waals surface area (Å²) in [5.41, 5.74) is 1.13. The second-order valence-electron chi connectivity index (χ2n) is 4.97. The zero-order valence-corrected chi connectivity index (χ0v) is 9.94. The van der Waals surface area contributed by atoms with Crippen molar-refractivity contribution in [1.29, 1.82) is 0 Å². The summed E-state index contributed by atoms with van der Waals surface area (Å²) in [6, 6.07) is 5.85. The van der Waals surface area contributed by atoms with Gasteiger partial charge in [0.05, 0.1) is 6.10 Å². The number of aliphatic hydroxyl groups is 1. The normalized spacial score (nSPS) is 17.5. The van der Waals surface area contributed by atoms with Crippen LogP contribution >= 0.6 is 0 Å². The van der Waals surface area contributed by atoms with Crippen LogP contribution in [0.25, 0.3) is 0 Å². The SMILES string of the molecule is CC(C)Oc1cccc(CC2(CO)CC2)n1. The molecule has 1 saturated carbocycles. The number of hydrogen-bond donors (Lipinski definition) is 1. The summed E-state index contributed by atoms with van der Waals surface area (Å²) >= 11 is 0. The predicted molar refractivity (Wildman–Crippen MR) is 62.5 cm³/mol. The average molecular weight is 221 g/mol. The minimum Gasteiger partial charge on any atom is -0.475 e. The number of hydrogen-bond acceptors (Lipinski definition) is 3. The van der Waals surface area contributed by atoms with Gasteiger partial charge in [-0.15, -0.1) is 0 Å². The number of pyridine rings is 1. The van der Waals surface area contributed by atoms with E-state index >= 15 is 0 Å². The van der Waals surface area contributed by atoms with Gasteiger partial charge in [-0.2, -0.15) is 0 Å². The lowest BCUT2D eigenvalue weighted by atomic mass is 10.0.